The average Bonchev–Trinajstić information content (AvgIpc) is 3.06. The summed E-state index contributed by atoms with van der Waals surface area (Å²) in [5.74, 6) is -0.372. The third kappa shape index (κ3) is 3.02. The Kier molecular flexibility index (Phi) is 4.34. The normalized spacial score (nSPS) is 15.9. The Morgan fingerprint density at radius 3 is 2.17 bits per heavy atom. The van der Waals surface area contributed by atoms with Gasteiger partial charge in [0, 0.05) is 18.7 Å². The topological polar surface area (TPSA) is 79.3 Å². The molecule has 1 fully saturated rings. The number of carbonyl (C=O) groups is 2. The maximum atomic E-state index is 11.8. The summed E-state index contributed by atoms with van der Waals surface area (Å²) in [5.41, 5.74) is 2.04. The molecule has 0 unspecified atom stereocenters. The van der Waals surface area contributed by atoms with Crippen molar-refractivity contribution < 1.29 is 14.7 Å². The van der Waals surface area contributed by atoms with E-state index in [2.05, 4.69) is 10.3 Å². The molecule has 0 radical (unpaired) electrons. The first-order valence-corrected chi connectivity index (χ1v) is 8.09. The van der Waals surface area contributed by atoms with Gasteiger partial charge in [-0.2, -0.15) is 0 Å². The molecule has 5 nitrogen and oxygen atoms in total. The third-order valence-corrected chi connectivity index (χ3v) is 4.70. The highest BCUT2D eigenvalue weighted by Gasteiger charge is 2.42. The van der Waals surface area contributed by atoms with Crippen molar-refractivity contribution in [3.05, 3.63) is 48.2 Å². The zero-order chi connectivity index (χ0) is 17.2. The van der Waals surface area contributed by atoms with Gasteiger partial charge in [0.05, 0.1) is 5.41 Å². The molecule has 1 heterocycles. The van der Waals surface area contributed by atoms with Gasteiger partial charge in [-0.25, -0.2) is 4.98 Å². The molecule has 0 aliphatic heterocycles. The van der Waals surface area contributed by atoms with E-state index in [4.69, 9.17) is 0 Å². The molecule has 2 N–H and O–H groups in total. The number of carbonyl (C=O) groups excluding carboxylic acids is 1. The van der Waals surface area contributed by atoms with Gasteiger partial charge in [-0.05, 0) is 36.1 Å². The number of carboxylic acid groups (broad SMARTS) is 1. The van der Waals surface area contributed by atoms with Crippen LogP contribution in [0.4, 0.5) is 5.82 Å². The van der Waals surface area contributed by atoms with Crippen LogP contribution in [0, 0.1) is 0 Å². The summed E-state index contributed by atoms with van der Waals surface area (Å²) < 4.78 is 0. The molecule has 1 amide bonds. The maximum Gasteiger partial charge on any atom is 0.314 e. The average molecular weight is 324 g/mol. The summed E-state index contributed by atoms with van der Waals surface area (Å²) in [7, 11) is 0. The van der Waals surface area contributed by atoms with Crippen molar-refractivity contribution in [2.45, 2.75) is 38.0 Å². The molecule has 0 atom stereocenters. The first kappa shape index (κ1) is 16.2. The molecule has 1 saturated carbocycles. The van der Waals surface area contributed by atoms with Gasteiger partial charge in [0.25, 0.3) is 0 Å². The molecule has 0 saturated heterocycles. The predicted octanol–water partition coefficient (Wildman–Crippen LogP) is 3.60. The van der Waals surface area contributed by atoms with Gasteiger partial charge in [0.15, 0.2) is 0 Å². The van der Waals surface area contributed by atoms with Crippen molar-refractivity contribution in [2.75, 3.05) is 5.32 Å². The van der Waals surface area contributed by atoms with Gasteiger partial charge in [0.1, 0.15) is 5.82 Å². The Hall–Kier alpha value is -2.69. The summed E-state index contributed by atoms with van der Waals surface area (Å²) in [4.78, 5) is 27.0. The second-order valence-corrected chi connectivity index (χ2v) is 6.29. The molecule has 124 valence electrons. The number of pyridine rings is 1. The van der Waals surface area contributed by atoms with E-state index in [0.29, 0.717) is 18.7 Å². The van der Waals surface area contributed by atoms with E-state index in [-0.39, 0.29) is 5.91 Å². The summed E-state index contributed by atoms with van der Waals surface area (Å²) in [6.07, 6.45) is 5.03. The van der Waals surface area contributed by atoms with Crippen LogP contribution in [0.25, 0.3) is 11.1 Å². The first-order chi connectivity index (χ1) is 11.5. The standard InChI is InChI=1S/C19H20N2O3/c1-13(22)21-17-9-6-15(12-20-17)14-4-7-16(8-5-14)19(18(23)24)10-2-3-11-19/h4-9,12H,2-3,10-11H2,1H3,(H,23,24)(H,20,21,22). The van der Waals surface area contributed by atoms with Crippen molar-refractivity contribution in [1.82, 2.24) is 4.98 Å². The largest absolute Gasteiger partial charge is 0.481 e. The predicted molar refractivity (Wildman–Crippen MR) is 91.8 cm³/mol. The number of aliphatic carboxylic acids is 1. The quantitative estimate of drug-likeness (QED) is 0.900. The molecule has 5 heteroatoms. The number of hydrogen-bond donors (Lipinski definition) is 2. The number of anilines is 1. The fourth-order valence-corrected chi connectivity index (χ4v) is 3.41. The van der Waals surface area contributed by atoms with Crippen LogP contribution in [0.15, 0.2) is 42.6 Å². The van der Waals surface area contributed by atoms with Crippen molar-refractivity contribution in [3.8, 4) is 11.1 Å². The maximum absolute atomic E-state index is 11.8. The lowest BCUT2D eigenvalue weighted by Gasteiger charge is -2.24. The Morgan fingerprint density at radius 2 is 1.67 bits per heavy atom. The SMILES string of the molecule is CC(=O)Nc1ccc(-c2ccc(C3(C(=O)O)CCCC3)cc2)cn1. The van der Waals surface area contributed by atoms with Crippen LogP contribution < -0.4 is 5.32 Å². The Labute approximate surface area is 140 Å². The number of benzene rings is 1. The molecule has 2 aromatic rings. The van der Waals surface area contributed by atoms with Crippen molar-refractivity contribution in [1.29, 1.82) is 0 Å². The highest BCUT2D eigenvalue weighted by Crippen LogP contribution is 2.41. The number of aromatic nitrogens is 1. The number of nitrogens with one attached hydrogen (secondary N) is 1. The Balaban J connectivity index is 1.84. The number of carboxylic acids is 1. The highest BCUT2D eigenvalue weighted by atomic mass is 16.4. The number of hydrogen-bond acceptors (Lipinski definition) is 3. The molecular formula is C19H20N2O3. The monoisotopic (exact) mass is 324 g/mol. The summed E-state index contributed by atoms with van der Waals surface area (Å²) in [6, 6.07) is 11.3. The fraction of sp³-hybridized carbons (Fsp3) is 0.316. The fourth-order valence-electron chi connectivity index (χ4n) is 3.41. The smallest absolute Gasteiger partial charge is 0.314 e. The second kappa shape index (κ2) is 6.43. The van der Waals surface area contributed by atoms with E-state index in [0.717, 1.165) is 29.5 Å². The van der Waals surface area contributed by atoms with Crippen LogP contribution in [0.3, 0.4) is 0 Å². The number of amides is 1. The summed E-state index contributed by atoms with van der Waals surface area (Å²) in [5, 5.41) is 12.3. The third-order valence-electron chi connectivity index (χ3n) is 4.70. The number of nitrogens with zero attached hydrogens (tertiary/aromatic N) is 1. The second-order valence-electron chi connectivity index (χ2n) is 6.29. The van der Waals surface area contributed by atoms with Gasteiger partial charge < -0.3 is 10.4 Å². The first-order valence-electron chi connectivity index (χ1n) is 8.09. The zero-order valence-corrected chi connectivity index (χ0v) is 13.6. The minimum Gasteiger partial charge on any atom is -0.481 e. The Morgan fingerprint density at radius 1 is 1.04 bits per heavy atom. The minimum atomic E-state index is -0.730. The van der Waals surface area contributed by atoms with Crippen LogP contribution in [0.1, 0.15) is 38.2 Å². The van der Waals surface area contributed by atoms with E-state index >= 15 is 0 Å². The number of rotatable bonds is 4. The molecule has 1 aliphatic carbocycles. The molecule has 1 aliphatic rings. The van der Waals surface area contributed by atoms with Crippen LogP contribution >= 0.6 is 0 Å². The van der Waals surface area contributed by atoms with Crippen LogP contribution in [-0.4, -0.2) is 22.0 Å². The molecule has 1 aromatic heterocycles. The molecule has 24 heavy (non-hydrogen) atoms. The molecule has 0 spiro atoms. The lowest BCUT2D eigenvalue weighted by Crippen LogP contribution is -2.32. The van der Waals surface area contributed by atoms with Gasteiger partial charge >= 0.3 is 5.97 Å². The van der Waals surface area contributed by atoms with Gasteiger partial charge in [0.2, 0.25) is 5.91 Å². The summed E-state index contributed by atoms with van der Waals surface area (Å²) >= 11 is 0. The van der Waals surface area contributed by atoms with E-state index in [9.17, 15) is 14.7 Å². The van der Waals surface area contributed by atoms with E-state index in [1.54, 1.807) is 12.3 Å². The van der Waals surface area contributed by atoms with E-state index in [1.165, 1.54) is 6.92 Å². The van der Waals surface area contributed by atoms with Crippen LogP contribution in [-0.2, 0) is 15.0 Å². The zero-order valence-electron chi connectivity index (χ0n) is 13.6. The van der Waals surface area contributed by atoms with Crippen LogP contribution in [0.5, 0.6) is 0 Å². The molecule has 1 aromatic carbocycles. The molecule has 0 bridgehead atoms. The molecule has 3 rings (SSSR count). The van der Waals surface area contributed by atoms with Crippen molar-refractivity contribution >= 4 is 17.7 Å². The van der Waals surface area contributed by atoms with E-state index < -0.39 is 11.4 Å². The molecular weight excluding hydrogens is 304 g/mol. The lowest BCUT2D eigenvalue weighted by atomic mass is 9.78. The minimum absolute atomic E-state index is 0.157. The van der Waals surface area contributed by atoms with Gasteiger partial charge in [-0.3, -0.25) is 9.59 Å². The van der Waals surface area contributed by atoms with Gasteiger partial charge in [-0.1, -0.05) is 37.1 Å². The van der Waals surface area contributed by atoms with Gasteiger partial charge in [-0.15, -0.1) is 0 Å². The highest BCUT2D eigenvalue weighted by molar-refractivity contribution is 5.87. The summed E-state index contributed by atoms with van der Waals surface area (Å²) in [6.45, 7) is 1.44. The van der Waals surface area contributed by atoms with E-state index in [1.807, 2.05) is 30.3 Å². The van der Waals surface area contributed by atoms with Crippen molar-refractivity contribution in [2.24, 2.45) is 0 Å². The van der Waals surface area contributed by atoms with Crippen LogP contribution in [0.2, 0.25) is 0 Å². The Bertz CT molecular complexity index is 745. The van der Waals surface area contributed by atoms with Crippen molar-refractivity contribution in [3.63, 3.8) is 0 Å². The lowest BCUT2D eigenvalue weighted by molar-refractivity contribution is -0.143.